The Morgan fingerprint density at radius 3 is 2.75 bits per heavy atom. The molecule has 1 heterocycles. The van der Waals surface area contributed by atoms with E-state index >= 15 is 0 Å². The number of nitrogens with zero attached hydrogens (tertiary/aromatic N) is 1. The molecule has 0 radical (unpaired) electrons. The van der Waals surface area contributed by atoms with Crippen molar-refractivity contribution in [1.82, 2.24) is 10.2 Å². The Balaban J connectivity index is 2.24. The molecule has 1 aromatic rings. The van der Waals surface area contributed by atoms with Crippen molar-refractivity contribution in [2.24, 2.45) is 0 Å². The number of amides is 1. The second-order valence-corrected chi connectivity index (χ2v) is 5.28. The molecule has 0 aromatic heterocycles. The minimum atomic E-state index is 0.0116. The summed E-state index contributed by atoms with van der Waals surface area (Å²) < 4.78 is 0. The maximum Gasteiger partial charge on any atom is 0.254 e. The van der Waals surface area contributed by atoms with Gasteiger partial charge in [-0.3, -0.25) is 4.79 Å². The third-order valence-corrected chi connectivity index (χ3v) is 3.65. The SMILES string of the molecule is C=C1/C=C(/C)CNCCN(C(=O)c2ccccc2)C1C. The van der Waals surface area contributed by atoms with Crippen molar-refractivity contribution in [2.75, 3.05) is 19.6 Å². The average molecular weight is 270 g/mol. The first-order chi connectivity index (χ1) is 9.59. The van der Waals surface area contributed by atoms with E-state index in [2.05, 4.69) is 24.9 Å². The highest BCUT2D eigenvalue weighted by molar-refractivity contribution is 5.94. The molecule has 1 aliphatic heterocycles. The molecule has 0 bridgehead atoms. The zero-order valence-corrected chi connectivity index (χ0v) is 12.2. The zero-order chi connectivity index (χ0) is 14.5. The summed E-state index contributed by atoms with van der Waals surface area (Å²) in [7, 11) is 0. The maximum atomic E-state index is 12.7. The first-order valence-electron chi connectivity index (χ1n) is 7.02. The lowest BCUT2D eigenvalue weighted by atomic mass is 10.0. The van der Waals surface area contributed by atoms with Gasteiger partial charge in [-0.2, -0.15) is 0 Å². The molecule has 1 amide bonds. The van der Waals surface area contributed by atoms with Crippen LogP contribution in [0.5, 0.6) is 0 Å². The maximum absolute atomic E-state index is 12.7. The summed E-state index contributed by atoms with van der Waals surface area (Å²) in [6.45, 7) is 10.6. The van der Waals surface area contributed by atoms with Crippen LogP contribution in [0.3, 0.4) is 0 Å². The van der Waals surface area contributed by atoms with Crippen LogP contribution in [-0.4, -0.2) is 36.5 Å². The Kier molecular flexibility index (Phi) is 4.74. The molecule has 106 valence electrons. The molecule has 20 heavy (non-hydrogen) atoms. The molecule has 1 unspecified atom stereocenters. The predicted octanol–water partition coefficient (Wildman–Crippen LogP) is 2.62. The van der Waals surface area contributed by atoms with E-state index in [-0.39, 0.29) is 11.9 Å². The van der Waals surface area contributed by atoms with Crippen molar-refractivity contribution < 1.29 is 4.79 Å². The van der Waals surface area contributed by atoms with Gasteiger partial charge in [0.1, 0.15) is 0 Å². The molecule has 3 heteroatoms. The largest absolute Gasteiger partial charge is 0.331 e. The molecule has 0 spiro atoms. The van der Waals surface area contributed by atoms with Crippen LogP contribution in [0, 0.1) is 0 Å². The number of hydrogen-bond acceptors (Lipinski definition) is 2. The quantitative estimate of drug-likeness (QED) is 0.851. The Morgan fingerprint density at radius 1 is 1.35 bits per heavy atom. The van der Waals surface area contributed by atoms with Crippen LogP contribution >= 0.6 is 0 Å². The molecule has 3 nitrogen and oxygen atoms in total. The van der Waals surface area contributed by atoms with Gasteiger partial charge in [0.05, 0.1) is 6.04 Å². The van der Waals surface area contributed by atoms with E-state index < -0.39 is 0 Å². The molecule has 2 rings (SSSR count). The van der Waals surface area contributed by atoms with Gasteiger partial charge in [0, 0.05) is 25.2 Å². The lowest BCUT2D eigenvalue weighted by Gasteiger charge is -2.29. The predicted molar refractivity (Wildman–Crippen MR) is 82.7 cm³/mol. The van der Waals surface area contributed by atoms with Gasteiger partial charge in [-0.05, 0) is 31.6 Å². The van der Waals surface area contributed by atoms with Crippen molar-refractivity contribution in [3.63, 3.8) is 0 Å². The van der Waals surface area contributed by atoms with Crippen LogP contribution in [0.4, 0.5) is 0 Å². The van der Waals surface area contributed by atoms with E-state index in [4.69, 9.17) is 0 Å². The fourth-order valence-electron chi connectivity index (χ4n) is 2.39. The van der Waals surface area contributed by atoms with Crippen LogP contribution < -0.4 is 5.32 Å². The minimum absolute atomic E-state index is 0.0116. The fraction of sp³-hybridized carbons (Fsp3) is 0.353. The van der Waals surface area contributed by atoms with Gasteiger partial charge in [-0.1, -0.05) is 36.4 Å². The number of carbonyl (C=O) groups is 1. The molecule has 1 N–H and O–H groups in total. The normalized spacial score (nSPS) is 23.3. The summed E-state index contributed by atoms with van der Waals surface area (Å²) in [5.74, 6) is 0.0639. The molecule has 0 saturated carbocycles. The topological polar surface area (TPSA) is 32.3 Å². The van der Waals surface area contributed by atoms with E-state index in [9.17, 15) is 4.79 Å². The van der Waals surface area contributed by atoms with Crippen molar-refractivity contribution in [2.45, 2.75) is 19.9 Å². The van der Waals surface area contributed by atoms with Crippen molar-refractivity contribution in [1.29, 1.82) is 0 Å². The highest BCUT2D eigenvalue weighted by Crippen LogP contribution is 2.16. The van der Waals surface area contributed by atoms with E-state index in [1.807, 2.05) is 42.2 Å². The molecule has 1 aromatic carbocycles. The van der Waals surface area contributed by atoms with Crippen molar-refractivity contribution >= 4 is 5.91 Å². The average Bonchev–Trinajstić information content (AvgIpc) is 2.51. The van der Waals surface area contributed by atoms with Gasteiger partial charge in [0.15, 0.2) is 0 Å². The number of benzene rings is 1. The summed E-state index contributed by atoms with van der Waals surface area (Å²) in [4.78, 5) is 14.5. The first-order valence-corrected chi connectivity index (χ1v) is 7.02. The van der Waals surface area contributed by atoms with Crippen molar-refractivity contribution in [3.05, 3.63) is 59.7 Å². The lowest BCUT2D eigenvalue weighted by molar-refractivity contribution is 0.0722. The second-order valence-electron chi connectivity index (χ2n) is 5.28. The molecule has 1 aliphatic rings. The molecule has 0 aliphatic carbocycles. The monoisotopic (exact) mass is 270 g/mol. The Bertz CT molecular complexity index is 519. The first kappa shape index (κ1) is 14.5. The molecule has 0 saturated heterocycles. The van der Waals surface area contributed by atoms with Crippen LogP contribution in [0.25, 0.3) is 0 Å². The van der Waals surface area contributed by atoms with Gasteiger partial charge in [-0.15, -0.1) is 0 Å². The van der Waals surface area contributed by atoms with Crippen LogP contribution in [0.1, 0.15) is 24.2 Å². The van der Waals surface area contributed by atoms with E-state index in [1.54, 1.807) is 0 Å². The van der Waals surface area contributed by atoms with Gasteiger partial charge in [0.25, 0.3) is 5.91 Å². The van der Waals surface area contributed by atoms with E-state index in [0.29, 0.717) is 6.54 Å². The highest BCUT2D eigenvalue weighted by atomic mass is 16.2. The smallest absolute Gasteiger partial charge is 0.254 e. The third-order valence-electron chi connectivity index (χ3n) is 3.65. The van der Waals surface area contributed by atoms with Gasteiger partial charge in [0.2, 0.25) is 0 Å². The highest BCUT2D eigenvalue weighted by Gasteiger charge is 2.23. The van der Waals surface area contributed by atoms with Gasteiger partial charge < -0.3 is 10.2 Å². The molecule has 0 fully saturated rings. The summed E-state index contributed by atoms with van der Waals surface area (Å²) in [6, 6.07) is 9.44. The summed E-state index contributed by atoms with van der Waals surface area (Å²) in [5, 5.41) is 3.35. The molecular formula is C17H22N2O. The van der Waals surface area contributed by atoms with Gasteiger partial charge >= 0.3 is 0 Å². The van der Waals surface area contributed by atoms with E-state index in [1.165, 1.54) is 5.57 Å². The second kappa shape index (κ2) is 6.53. The third kappa shape index (κ3) is 3.36. The minimum Gasteiger partial charge on any atom is -0.331 e. The Hall–Kier alpha value is -1.87. The Labute approximate surface area is 121 Å². The van der Waals surface area contributed by atoms with Crippen LogP contribution in [0.15, 0.2) is 54.1 Å². The number of hydrogen-bond donors (Lipinski definition) is 1. The summed E-state index contributed by atoms with van der Waals surface area (Å²) in [5.41, 5.74) is 2.96. The lowest BCUT2D eigenvalue weighted by Crippen LogP contribution is -2.42. The fourth-order valence-corrected chi connectivity index (χ4v) is 2.39. The van der Waals surface area contributed by atoms with Crippen LogP contribution in [0.2, 0.25) is 0 Å². The number of nitrogens with one attached hydrogen (secondary N) is 1. The van der Waals surface area contributed by atoms with Gasteiger partial charge in [-0.25, -0.2) is 0 Å². The summed E-state index contributed by atoms with van der Waals surface area (Å²) in [6.07, 6.45) is 2.08. The number of carbonyl (C=O) groups excluding carboxylic acids is 1. The number of rotatable bonds is 1. The molecule has 1 atom stereocenters. The van der Waals surface area contributed by atoms with Crippen molar-refractivity contribution in [3.8, 4) is 0 Å². The standard InChI is InChI=1S/C17H22N2O/c1-13-11-14(2)15(3)19(10-9-18-12-13)17(20)16-7-5-4-6-8-16/h4-8,11,15,18H,2,9-10,12H2,1,3H3/b13-11-. The molecular weight excluding hydrogens is 248 g/mol. The van der Waals surface area contributed by atoms with Crippen LogP contribution in [-0.2, 0) is 0 Å². The Morgan fingerprint density at radius 2 is 2.05 bits per heavy atom. The van der Waals surface area contributed by atoms with E-state index in [0.717, 1.165) is 24.2 Å². The zero-order valence-electron chi connectivity index (χ0n) is 12.2. The summed E-state index contributed by atoms with van der Waals surface area (Å²) >= 11 is 0.